The molecule has 0 fully saturated rings. The van der Waals surface area contributed by atoms with Crippen LogP contribution in [0.15, 0.2) is 0 Å². The van der Waals surface area contributed by atoms with Gasteiger partial charge in [0.1, 0.15) is 0 Å². The monoisotopic (exact) mass is 216 g/mol. The fourth-order valence-electron chi connectivity index (χ4n) is 1.13. The van der Waals surface area contributed by atoms with Gasteiger partial charge in [-0.15, -0.1) is 0 Å². The van der Waals surface area contributed by atoms with Gasteiger partial charge in [0.05, 0.1) is 0 Å². The molecule has 0 aromatic rings. The van der Waals surface area contributed by atoms with Crippen LogP contribution in [0.3, 0.4) is 0 Å². The minimum Gasteiger partial charge on any atom is -1.00 e. The second-order valence-corrected chi connectivity index (χ2v) is 4.74. The molecule has 1 atom stereocenters. The van der Waals surface area contributed by atoms with Crippen LogP contribution < -0.4 is 18.9 Å². The Morgan fingerprint density at radius 1 is 1.29 bits per heavy atom. The summed E-state index contributed by atoms with van der Waals surface area (Å²) in [5.41, 5.74) is 0. The van der Waals surface area contributed by atoms with Crippen molar-refractivity contribution in [1.29, 1.82) is 0 Å². The van der Waals surface area contributed by atoms with Gasteiger partial charge in [0, 0.05) is 6.61 Å². The van der Waals surface area contributed by atoms with E-state index in [1.54, 1.807) is 0 Å². The number of hydrogen-bond acceptors (Lipinski definition) is 4. The Morgan fingerprint density at radius 2 is 1.86 bits per heavy atom. The second-order valence-electron chi connectivity index (χ2n) is 3.30. The molecule has 0 bridgehead atoms. The maximum Gasteiger partial charge on any atom is 1.00 e. The van der Waals surface area contributed by atoms with Crippen molar-refractivity contribution in [3.05, 3.63) is 0 Å². The summed E-state index contributed by atoms with van der Waals surface area (Å²) >= 11 is 0. The third-order valence-corrected chi connectivity index (χ3v) is 2.61. The van der Waals surface area contributed by atoms with Crippen LogP contribution in [0.1, 0.15) is 41.0 Å². The van der Waals surface area contributed by atoms with Gasteiger partial charge in [-0.3, -0.25) is 0 Å². The zero-order valence-electron chi connectivity index (χ0n) is 10.4. The molecule has 0 aromatic heterocycles. The van der Waals surface area contributed by atoms with E-state index in [4.69, 9.17) is 14.4 Å². The third kappa shape index (κ3) is 10.7. The molecular formula is C8H21LiO4Si. The normalized spacial score (nSPS) is 13.5. The van der Waals surface area contributed by atoms with E-state index in [2.05, 4.69) is 11.3 Å². The van der Waals surface area contributed by atoms with Gasteiger partial charge in [0.25, 0.3) is 0 Å². The average molecular weight is 216 g/mol. The molecule has 4 nitrogen and oxygen atoms in total. The van der Waals surface area contributed by atoms with E-state index in [1.165, 1.54) is 0 Å². The molecular weight excluding hydrogens is 195 g/mol. The van der Waals surface area contributed by atoms with Gasteiger partial charge in [0.15, 0.2) is 0 Å². The minimum atomic E-state index is -4.28. The van der Waals surface area contributed by atoms with Crippen molar-refractivity contribution < 1.29 is 39.1 Å². The van der Waals surface area contributed by atoms with Crippen LogP contribution in [0.25, 0.3) is 0 Å². The van der Waals surface area contributed by atoms with Crippen LogP contribution in [0.2, 0.25) is 0 Å². The molecule has 0 saturated carbocycles. The number of rotatable bonds is 7. The molecule has 0 aliphatic carbocycles. The zero-order chi connectivity index (χ0) is 10.3. The van der Waals surface area contributed by atoms with Crippen molar-refractivity contribution in [3.8, 4) is 0 Å². The summed E-state index contributed by atoms with van der Waals surface area (Å²) in [4.78, 5) is 25.8. The fraction of sp³-hybridized carbons (Fsp3) is 1.00. The molecule has 0 aromatic carbocycles. The molecule has 0 aliphatic rings. The quantitative estimate of drug-likeness (QED) is 0.420. The van der Waals surface area contributed by atoms with E-state index in [-0.39, 0.29) is 26.9 Å². The topological polar surface area (TPSA) is 69.9 Å². The summed E-state index contributed by atoms with van der Waals surface area (Å²) in [5, 5.41) is 0. The summed E-state index contributed by atoms with van der Waals surface area (Å²) in [6, 6.07) is 0. The van der Waals surface area contributed by atoms with Gasteiger partial charge >= 0.3 is 27.9 Å². The van der Waals surface area contributed by atoms with Gasteiger partial charge in [-0.1, -0.05) is 33.1 Å². The maximum atomic E-state index is 8.62. The van der Waals surface area contributed by atoms with E-state index in [1.807, 2.05) is 6.92 Å². The van der Waals surface area contributed by atoms with E-state index in [0.717, 1.165) is 25.7 Å². The molecule has 14 heavy (non-hydrogen) atoms. The first-order chi connectivity index (χ1) is 5.99. The van der Waals surface area contributed by atoms with E-state index < -0.39 is 9.05 Å². The van der Waals surface area contributed by atoms with Crippen molar-refractivity contribution in [2.45, 2.75) is 39.5 Å². The molecule has 0 rings (SSSR count). The predicted molar refractivity (Wildman–Crippen MR) is 52.8 cm³/mol. The summed E-state index contributed by atoms with van der Waals surface area (Å²) in [6.45, 7) is 4.38. The molecule has 0 amide bonds. The van der Waals surface area contributed by atoms with Crippen LogP contribution in [-0.4, -0.2) is 30.0 Å². The van der Waals surface area contributed by atoms with Crippen LogP contribution in [0.4, 0.5) is 0 Å². The standard InChI is InChI=1S/C8H20O4Si.Li.H/c1-3-5-6-8(4-2)7-12-13(9,10)11;;/h8-11H,3-7H2,1-2H3;;/q;+1;-1. The van der Waals surface area contributed by atoms with E-state index in [9.17, 15) is 0 Å². The van der Waals surface area contributed by atoms with Gasteiger partial charge < -0.3 is 20.2 Å². The molecule has 0 heterocycles. The van der Waals surface area contributed by atoms with Crippen LogP contribution in [0.5, 0.6) is 0 Å². The minimum absolute atomic E-state index is 0. The predicted octanol–water partition coefficient (Wildman–Crippen LogP) is -2.25. The van der Waals surface area contributed by atoms with Gasteiger partial charge in [-0.2, -0.15) is 0 Å². The SMILES string of the molecule is CCCCC(CC)CO[Si](O)(O)O.[H-].[Li+]. The summed E-state index contributed by atoms with van der Waals surface area (Å²) in [5.74, 6) is 0.318. The largest absolute Gasteiger partial charge is 1.00 e. The van der Waals surface area contributed by atoms with Crippen LogP contribution in [-0.2, 0) is 4.43 Å². The smallest absolute Gasteiger partial charge is 1.00 e. The molecule has 0 spiro atoms. The van der Waals surface area contributed by atoms with Gasteiger partial charge in [-0.05, 0) is 12.3 Å². The van der Waals surface area contributed by atoms with Crippen molar-refractivity contribution >= 4 is 9.05 Å². The first-order valence-corrected chi connectivity index (χ1v) is 6.55. The van der Waals surface area contributed by atoms with Gasteiger partial charge in [-0.25, -0.2) is 0 Å². The van der Waals surface area contributed by atoms with Crippen molar-refractivity contribution in [2.24, 2.45) is 5.92 Å². The molecule has 0 aliphatic heterocycles. The Hall–Kier alpha value is 0.654. The average Bonchev–Trinajstić information content (AvgIpc) is 2.03. The third-order valence-electron chi connectivity index (χ3n) is 2.06. The van der Waals surface area contributed by atoms with Crippen molar-refractivity contribution in [3.63, 3.8) is 0 Å². The van der Waals surface area contributed by atoms with Crippen molar-refractivity contribution in [2.75, 3.05) is 6.61 Å². The second kappa shape index (κ2) is 8.92. The Morgan fingerprint density at radius 3 is 2.21 bits per heavy atom. The number of hydrogen-bond donors (Lipinski definition) is 3. The van der Waals surface area contributed by atoms with Crippen molar-refractivity contribution in [1.82, 2.24) is 0 Å². The maximum absolute atomic E-state index is 8.62. The number of unbranched alkanes of at least 4 members (excludes halogenated alkanes) is 1. The van der Waals surface area contributed by atoms with Crippen LogP contribution >= 0.6 is 0 Å². The Labute approximate surface area is 100 Å². The molecule has 1 unspecified atom stereocenters. The summed E-state index contributed by atoms with van der Waals surface area (Å²) < 4.78 is 4.58. The molecule has 0 radical (unpaired) electrons. The molecule has 6 heteroatoms. The van der Waals surface area contributed by atoms with E-state index >= 15 is 0 Å². The van der Waals surface area contributed by atoms with Gasteiger partial charge in [0.2, 0.25) is 0 Å². The molecule has 3 N–H and O–H groups in total. The first-order valence-electron chi connectivity index (χ1n) is 4.80. The summed E-state index contributed by atoms with van der Waals surface area (Å²) in [6.07, 6.45) is 4.18. The van der Waals surface area contributed by atoms with E-state index in [0.29, 0.717) is 5.92 Å². The molecule has 0 saturated heterocycles. The van der Waals surface area contributed by atoms with Crippen LogP contribution in [0, 0.1) is 5.92 Å². The Balaban J connectivity index is -0.000000720. The zero-order valence-corrected chi connectivity index (χ0v) is 10.4. The first kappa shape index (κ1) is 17.1. The molecule has 82 valence electrons. The Kier molecular flexibility index (Phi) is 10.9. The summed E-state index contributed by atoms with van der Waals surface area (Å²) in [7, 11) is -4.28. The fourth-order valence-corrected chi connectivity index (χ4v) is 1.59. The Bertz CT molecular complexity index is 134.